The molecule has 0 aliphatic carbocycles. The summed E-state index contributed by atoms with van der Waals surface area (Å²) in [5, 5.41) is 9.33. The summed E-state index contributed by atoms with van der Waals surface area (Å²) in [6.07, 6.45) is 2.25. The van der Waals surface area contributed by atoms with E-state index in [9.17, 15) is 4.79 Å². The van der Waals surface area contributed by atoms with Gasteiger partial charge in [0.2, 0.25) is 5.91 Å². The lowest BCUT2D eigenvalue weighted by molar-refractivity contribution is -0.128. The third kappa shape index (κ3) is 3.78. The van der Waals surface area contributed by atoms with Crippen molar-refractivity contribution in [1.82, 2.24) is 15.4 Å². The average molecular weight is 333 g/mol. The number of nitrogens with zero attached hydrogens (tertiary/aromatic N) is 3. The molecule has 1 aromatic carbocycles. The van der Waals surface area contributed by atoms with Crippen LogP contribution in [0.1, 0.15) is 18.5 Å². The van der Waals surface area contributed by atoms with Gasteiger partial charge < -0.3 is 4.90 Å². The fourth-order valence-corrected chi connectivity index (χ4v) is 2.83. The molecule has 0 spiro atoms. The second-order valence-electron chi connectivity index (χ2n) is 5.46. The number of carbonyl (C=O) groups is 1. The number of nitrogens with one attached hydrogen (secondary N) is 1. The Morgan fingerprint density at radius 3 is 2.74 bits per heavy atom. The van der Waals surface area contributed by atoms with Crippen LogP contribution in [-0.2, 0) is 11.2 Å². The molecule has 0 radical (unpaired) electrons. The number of rotatable bonds is 4. The topological polar surface area (TPSA) is 78.4 Å². The van der Waals surface area contributed by atoms with Gasteiger partial charge >= 0.3 is 0 Å². The summed E-state index contributed by atoms with van der Waals surface area (Å²) in [5.41, 5.74) is 2.99. The van der Waals surface area contributed by atoms with Crippen molar-refractivity contribution >= 4 is 23.3 Å². The number of halogens is 1. The predicted octanol–water partition coefficient (Wildman–Crippen LogP) is 2.45. The van der Waals surface area contributed by atoms with Crippen molar-refractivity contribution in [2.75, 3.05) is 18.0 Å². The number of aromatic nitrogens is 2. The first-order valence-electron chi connectivity index (χ1n) is 7.47. The van der Waals surface area contributed by atoms with E-state index in [1.165, 1.54) is 0 Å². The van der Waals surface area contributed by atoms with E-state index in [4.69, 9.17) is 16.8 Å². The van der Waals surface area contributed by atoms with Crippen LogP contribution < -0.4 is 10.4 Å². The van der Waals surface area contributed by atoms with Crippen LogP contribution in [0.15, 0.2) is 30.3 Å². The van der Waals surface area contributed by atoms with E-state index in [1.54, 1.807) is 23.7 Å². The molecule has 1 fully saturated rings. The highest BCUT2D eigenvalue weighted by Gasteiger charge is 2.17. The number of benzene rings is 1. The predicted molar refractivity (Wildman–Crippen MR) is 87.6 cm³/mol. The number of hydrogen-bond donors (Lipinski definition) is 2. The highest BCUT2D eigenvalue weighted by molar-refractivity contribution is 6.30. The van der Waals surface area contributed by atoms with Crippen molar-refractivity contribution in [1.29, 1.82) is 0 Å². The van der Waals surface area contributed by atoms with Gasteiger partial charge in [-0.05, 0) is 25.0 Å². The molecule has 1 aliphatic heterocycles. The van der Waals surface area contributed by atoms with Crippen molar-refractivity contribution in [3.63, 3.8) is 0 Å². The number of carbonyl (C=O) groups excluding carboxylic acids is 1. The molecule has 2 aromatic rings. The number of amides is 1. The fourth-order valence-electron chi connectivity index (χ4n) is 2.64. The van der Waals surface area contributed by atoms with Gasteiger partial charge in [0, 0.05) is 29.7 Å². The molecule has 6 nitrogen and oxygen atoms in total. The molecule has 2 heterocycles. The molecular formula is C16H17ClN4O2. The SMILES string of the molecule is O=C(Cc1cc(N2CCCC2)nc(-c2cccc(Cl)c2)n1)NO. The Morgan fingerprint density at radius 1 is 1.26 bits per heavy atom. The van der Waals surface area contributed by atoms with Crippen molar-refractivity contribution in [2.45, 2.75) is 19.3 Å². The maximum absolute atomic E-state index is 11.5. The molecule has 1 aromatic heterocycles. The third-order valence-corrected chi connectivity index (χ3v) is 3.98. The summed E-state index contributed by atoms with van der Waals surface area (Å²) in [6, 6.07) is 9.10. The Bertz CT molecular complexity index is 717. The maximum Gasteiger partial charge on any atom is 0.249 e. The summed E-state index contributed by atoms with van der Waals surface area (Å²) < 4.78 is 0. The second-order valence-corrected chi connectivity index (χ2v) is 5.89. The molecule has 0 bridgehead atoms. The molecule has 0 unspecified atom stereocenters. The zero-order chi connectivity index (χ0) is 16.2. The van der Waals surface area contributed by atoms with Crippen LogP contribution >= 0.6 is 11.6 Å². The Hall–Kier alpha value is -2.18. The van der Waals surface area contributed by atoms with Crippen molar-refractivity contribution in [3.8, 4) is 11.4 Å². The molecule has 0 saturated carbocycles. The minimum absolute atomic E-state index is 0.00652. The third-order valence-electron chi connectivity index (χ3n) is 3.74. The normalized spacial score (nSPS) is 14.1. The smallest absolute Gasteiger partial charge is 0.249 e. The van der Waals surface area contributed by atoms with Gasteiger partial charge in [-0.2, -0.15) is 0 Å². The van der Waals surface area contributed by atoms with Gasteiger partial charge in [0.15, 0.2) is 5.82 Å². The molecule has 120 valence electrons. The molecule has 7 heteroatoms. The molecule has 1 saturated heterocycles. The van der Waals surface area contributed by atoms with Crippen molar-refractivity contribution in [3.05, 3.63) is 41.0 Å². The lowest BCUT2D eigenvalue weighted by atomic mass is 10.2. The minimum Gasteiger partial charge on any atom is -0.356 e. The number of anilines is 1. The van der Waals surface area contributed by atoms with Gasteiger partial charge in [0.05, 0.1) is 12.1 Å². The molecule has 1 amide bonds. The van der Waals surface area contributed by atoms with Crippen LogP contribution in [0.2, 0.25) is 5.02 Å². The first kappa shape index (κ1) is 15.7. The first-order chi connectivity index (χ1) is 11.2. The highest BCUT2D eigenvalue weighted by Crippen LogP contribution is 2.25. The van der Waals surface area contributed by atoms with E-state index in [1.807, 2.05) is 12.1 Å². The van der Waals surface area contributed by atoms with E-state index in [0.717, 1.165) is 37.3 Å². The van der Waals surface area contributed by atoms with E-state index >= 15 is 0 Å². The van der Waals surface area contributed by atoms with Crippen LogP contribution in [0, 0.1) is 0 Å². The van der Waals surface area contributed by atoms with Gasteiger partial charge in [-0.3, -0.25) is 10.0 Å². The van der Waals surface area contributed by atoms with Crippen molar-refractivity contribution in [2.24, 2.45) is 0 Å². The monoisotopic (exact) mass is 332 g/mol. The Morgan fingerprint density at radius 2 is 2.04 bits per heavy atom. The first-order valence-corrected chi connectivity index (χ1v) is 7.85. The van der Waals surface area contributed by atoms with Crippen LogP contribution in [-0.4, -0.2) is 34.2 Å². The fraction of sp³-hybridized carbons (Fsp3) is 0.312. The lowest BCUT2D eigenvalue weighted by Crippen LogP contribution is -2.23. The Labute approximate surface area is 139 Å². The maximum atomic E-state index is 11.5. The van der Waals surface area contributed by atoms with Crippen LogP contribution in [0.5, 0.6) is 0 Å². The van der Waals surface area contributed by atoms with Crippen LogP contribution in [0.25, 0.3) is 11.4 Å². The highest BCUT2D eigenvalue weighted by atomic mass is 35.5. The lowest BCUT2D eigenvalue weighted by Gasteiger charge is -2.18. The zero-order valence-electron chi connectivity index (χ0n) is 12.5. The van der Waals surface area contributed by atoms with E-state index < -0.39 is 5.91 Å². The summed E-state index contributed by atoms with van der Waals surface area (Å²) in [5.74, 6) is 0.818. The van der Waals surface area contributed by atoms with Crippen LogP contribution in [0.4, 0.5) is 5.82 Å². The summed E-state index contributed by atoms with van der Waals surface area (Å²) >= 11 is 6.05. The van der Waals surface area contributed by atoms with Gasteiger partial charge in [-0.25, -0.2) is 15.4 Å². The van der Waals surface area contributed by atoms with Gasteiger partial charge in [0.25, 0.3) is 0 Å². The quantitative estimate of drug-likeness (QED) is 0.664. The summed E-state index contributed by atoms with van der Waals surface area (Å²) in [6.45, 7) is 1.88. The second kappa shape index (κ2) is 6.93. The average Bonchev–Trinajstić information content (AvgIpc) is 3.09. The van der Waals surface area contributed by atoms with E-state index in [-0.39, 0.29) is 6.42 Å². The molecule has 23 heavy (non-hydrogen) atoms. The standard InChI is InChI=1S/C16H17ClN4O2/c17-12-5-3-4-11(8-12)16-18-13(10-15(22)20-23)9-14(19-16)21-6-1-2-7-21/h3-5,8-9,23H,1-2,6-7,10H2,(H,20,22). The van der Waals surface area contributed by atoms with E-state index in [0.29, 0.717) is 16.5 Å². The molecule has 2 N–H and O–H groups in total. The zero-order valence-corrected chi connectivity index (χ0v) is 13.3. The summed E-state index contributed by atoms with van der Waals surface area (Å²) in [7, 11) is 0. The molecule has 0 atom stereocenters. The molecule has 3 rings (SSSR count). The van der Waals surface area contributed by atoms with E-state index in [2.05, 4.69) is 14.9 Å². The van der Waals surface area contributed by atoms with Gasteiger partial charge in [-0.15, -0.1) is 0 Å². The van der Waals surface area contributed by atoms with Crippen molar-refractivity contribution < 1.29 is 10.0 Å². The van der Waals surface area contributed by atoms with Gasteiger partial charge in [-0.1, -0.05) is 23.7 Å². The minimum atomic E-state index is -0.506. The number of hydrogen-bond acceptors (Lipinski definition) is 5. The number of hydroxylamine groups is 1. The largest absolute Gasteiger partial charge is 0.356 e. The summed E-state index contributed by atoms with van der Waals surface area (Å²) in [4.78, 5) is 22.7. The Kier molecular flexibility index (Phi) is 4.73. The van der Waals surface area contributed by atoms with Crippen LogP contribution in [0.3, 0.4) is 0 Å². The molecular weight excluding hydrogens is 316 g/mol. The van der Waals surface area contributed by atoms with Gasteiger partial charge in [0.1, 0.15) is 5.82 Å². The molecule has 1 aliphatic rings. The Balaban J connectivity index is 2.01.